The molecule has 3 amide bonds. The summed E-state index contributed by atoms with van der Waals surface area (Å²) < 4.78 is 13.5. The highest BCUT2D eigenvalue weighted by molar-refractivity contribution is 6.16. The van der Waals surface area contributed by atoms with E-state index in [0.29, 0.717) is 55.3 Å². The molecule has 1 aliphatic heterocycles. The highest BCUT2D eigenvalue weighted by Gasteiger charge is 2.20. The van der Waals surface area contributed by atoms with Crippen molar-refractivity contribution >= 4 is 56.6 Å². The Hall–Kier alpha value is -8.22. The van der Waals surface area contributed by atoms with Gasteiger partial charge in [0, 0.05) is 62.1 Å². The highest BCUT2D eigenvalue weighted by atomic mass is 16.5. The average molecular weight is 873 g/mol. The lowest BCUT2D eigenvalue weighted by atomic mass is 9.99. The van der Waals surface area contributed by atoms with Crippen molar-refractivity contribution in [2.45, 2.75) is 13.1 Å². The molecule has 9 rings (SSSR count). The number of morpholine rings is 1. The van der Waals surface area contributed by atoms with E-state index in [1.165, 1.54) is 13.3 Å². The van der Waals surface area contributed by atoms with Crippen LogP contribution in [0.2, 0.25) is 0 Å². The molecule has 5 heterocycles. The monoisotopic (exact) mass is 872 g/mol. The van der Waals surface area contributed by atoms with Gasteiger partial charge >= 0.3 is 5.97 Å². The van der Waals surface area contributed by atoms with Gasteiger partial charge in [0.15, 0.2) is 11.4 Å². The molecule has 0 saturated carbocycles. The Morgan fingerprint density at radius 2 is 1.11 bits per heavy atom. The van der Waals surface area contributed by atoms with Crippen LogP contribution in [0.15, 0.2) is 134 Å². The van der Waals surface area contributed by atoms with Crippen molar-refractivity contribution < 1.29 is 28.7 Å². The van der Waals surface area contributed by atoms with Crippen molar-refractivity contribution in [1.29, 1.82) is 0 Å². The zero-order chi connectivity index (χ0) is 45.0. The molecule has 18 heteroatoms. The smallest absolute Gasteiger partial charge is 0.358 e. The van der Waals surface area contributed by atoms with Gasteiger partial charge in [-0.15, -0.1) is 10.2 Å². The number of rotatable bonds is 13. The Labute approximate surface area is 372 Å². The fourth-order valence-corrected chi connectivity index (χ4v) is 7.45. The Kier molecular flexibility index (Phi) is 13.9. The number of pyridine rings is 2. The molecule has 8 aromatic rings. The van der Waals surface area contributed by atoms with Crippen LogP contribution in [0.25, 0.3) is 21.5 Å². The third-order valence-corrected chi connectivity index (χ3v) is 10.6. The Bertz CT molecular complexity index is 2940. The highest BCUT2D eigenvalue weighted by Crippen LogP contribution is 2.27. The topological polar surface area (TPSA) is 213 Å². The Morgan fingerprint density at radius 1 is 0.600 bits per heavy atom. The van der Waals surface area contributed by atoms with Gasteiger partial charge < -0.3 is 25.4 Å². The van der Waals surface area contributed by atoms with Gasteiger partial charge in [0.05, 0.1) is 57.2 Å². The van der Waals surface area contributed by atoms with Crippen LogP contribution in [0, 0.1) is 0 Å². The minimum absolute atomic E-state index is 0.0513. The third-order valence-electron chi connectivity index (χ3n) is 10.6. The second kappa shape index (κ2) is 20.8. The Morgan fingerprint density at radius 3 is 1.62 bits per heavy atom. The van der Waals surface area contributed by atoms with Gasteiger partial charge in [-0.3, -0.25) is 19.3 Å². The summed E-state index contributed by atoms with van der Waals surface area (Å²) >= 11 is 0. The summed E-state index contributed by atoms with van der Waals surface area (Å²) in [7, 11) is 1.27. The maximum atomic E-state index is 13.3. The lowest BCUT2D eigenvalue weighted by Crippen LogP contribution is -2.41. The predicted molar refractivity (Wildman–Crippen MR) is 241 cm³/mol. The minimum Gasteiger partial charge on any atom is -0.464 e. The normalized spacial score (nSPS) is 12.5. The molecule has 1 fully saturated rings. The molecule has 328 valence electrons. The van der Waals surface area contributed by atoms with Gasteiger partial charge in [0.1, 0.15) is 0 Å². The first-order chi connectivity index (χ1) is 31.9. The Balaban J connectivity index is 0.000000181. The number of fused-ring (bicyclic) bond motifs is 2. The van der Waals surface area contributed by atoms with Crippen LogP contribution in [0.5, 0.6) is 0 Å². The number of carbonyl (C=O) groups is 4. The SMILES string of the molecule is COC(=O)c1ncccc1NC(=O)c1ccc(Cn2ccnn2)c2ccccc12.O=C(NCCN1CCOCC1)c1ncccc1NC(=O)c1ccc(Cn2ccnn2)c2ccccc12. The average Bonchev–Trinajstić information content (AvgIpc) is 4.07. The van der Waals surface area contributed by atoms with Crippen molar-refractivity contribution in [3.63, 3.8) is 0 Å². The predicted octanol–water partition coefficient (Wildman–Crippen LogP) is 5.10. The number of hydrogen-bond donors (Lipinski definition) is 3. The third kappa shape index (κ3) is 10.5. The van der Waals surface area contributed by atoms with Crippen molar-refractivity contribution in [3.05, 3.63) is 168 Å². The van der Waals surface area contributed by atoms with E-state index in [-0.39, 0.29) is 29.1 Å². The molecule has 1 saturated heterocycles. The van der Waals surface area contributed by atoms with Gasteiger partial charge in [-0.25, -0.2) is 24.1 Å². The largest absolute Gasteiger partial charge is 0.464 e. The van der Waals surface area contributed by atoms with E-state index in [0.717, 1.165) is 52.3 Å². The molecule has 0 bridgehead atoms. The summed E-state index contributed by atoms with van der Waals surface area (Å²) in [4.78, 5) is 61.6. The number of anilines is 2. The molecule has 18 nitrogen and oxygen atoms in total. The molecule has 1 aliphatic rings. The van der Waals surface area contributed by atoms with Crippen molar-refractivity contribution in [2.75, 3.05) is 57.1 Å². The number of ether oxygens (including phenoxy) is 2. The van der Waals surface area contributed by atoms with Gasteiger partial charge in [-0.2, -0.15) is 0 Å². The second-order valence-corrected chi connectivity index (χ2v) is 14.7. The van der Waals surface area contributed by atoms with Crippen LogP contribution < -0.4 is 16.0 Å². The van der Waals surface area contributed by atoms with Crippen LogP contribution >= 0.6 is 0 Å². The molecule has 0 atom stereocenters. The molecule has 4 aromatic carbocycles. The number of amides is 3. The van der Waals surface area contributed by atoms with Crippen LogP contribution in [0.1, 0.15) is 52.8 Å². The van der Waals surface area contributed by atoms with Crippen molar-refractivity contribution in [2.24, 2.45) is 0 Å². The number of esters is 1. The molecule has 65 heavy (non-hydrogen) atoms. The molecule has 0 radical (unpaired) electrons. The van der Waals surface area contributed by atoms with Gasteiger partial charge in [0.2, 0.25) is 0 Å². The maximum Gasteiger partial charge on any atom is 0.358 e. The number of carbonyl (C=O) groups excluding carboxylic acids is 4. The second-order valence-electron chi connectivity index (χ2n) is 14.7. The van der Waals surface area contributed by atoms with E-state index >= 15 is 0 Å². The molecular formula is C47H44N12O6. The first-order valence-corrected chi connectivity index (χ1v) is 20.7. The van der Waals surface area contributed by atoms with Crippen molar-refractivity contribution in [1.82, 2.24) is 50.2 Å². The lowest BCUT2D eigenvalue weighted by molar-refractivity contribution is 0.0383. The van der Waals surface area contributed by atoms with Gasteiger partial charge in [-0.05, 0) is 69.1 Å². The number of hydrogen-bond acceptors (Lipinski definition) is 13. The van der Waals surface area contributed by atoms with Crippen LogP contribution in [0.4, 0.5) is 11.4 Å². The van der Waals surface area contributed by atoms with E-state index in [4.69, 9.17) is 9.47 Å². The quantitative estimate of drug-likeness (QED) is 0.129. The van der Waals surface area contributed by atoms with Crippen LogP contribution in [-0.2, 0) is 22.6 Å². The summed E-state index contributed by atoms with van der Waals surface area (Å²) in [6, 6.07) is 29.4. The molecular weight excluding hydrogens is 829 g/mol. The minimum atomic E-state index is -0.617. The first kappa shape index (κ1) is 43.4. The van der Waals surface area contributed by atoms with Gasteiger partial charge in [-0.1, -0.05) is 71.1 Å². The molecule has 0 spiro atoms. The fourth-order valence-electron chi connectivity index (χ4n) is 7.45. The zero-order valence-electron chi connectivity index (χ0n) is 35.3. The number of nitrogens with zero attached hydrogens (tertiary/aromatic N) is 9. The molecule has 3 N–H and O–H groups in total. The van der Waals surface area contributed by atoms with E-state index < -0.39 is 5.97 Å². The van der Waals surface area contributed by atoms with Gasteiger partial charge in [0.25, 0.3) is 17.7 Å². The summed E-state index contributed by atoms with van der Waals surface area (Å²) in [5.74, 6) is -1.60. The van der Waals surface area contributed by atoms with Crippen LogP contribution in [-0.4, -0.2) is 115 Å². The number of aromatic nitrogens is 8. The number of methoxy groups -OCH3 is 1. The molecule has 4 aromatic heterocycles. The maximum absolute atomic E-state index is 13.3. The van der Waals surface area contributed by atoms with E-state index in [1.807, 2.05) is 60.7 Å². The first-order valence-electron chi connectivity index (χ1n) is 20.7. The number of benzene rings is 4. The van der Waals surface area contributed by atoms with E-state index in [9.17, 15) is 19.2 Å². The summed E-state index contributed by atoms with van der Waals surface area (Å²) in [6.45, 7) is 5.42. The number of nitrogens with one attached hydrogen (secondary N) is 3. The lowest BCUT2D eigenvalue weighted by Gasteiger charge is -2.26. The molecule has 0 aliphatic carbocycles. The summed E-state index contributed by atoms with van der Waals surface area (Å²) in [5, 5.41) is 27.8. The molecule has 0 unspecified atom stereocenters. The van der Waals surface area contributed by atoms with E-state index in [2.05, 4.69) is 51.4 Å². The summed E-state index contributed by atoms with van der Waals surface area (Å²) in [6.07, 6.45) is 9.85. The summed E-state index contributed by atoms with van der Waals surface area (Å²) in [5.41, 5.74) is 3.92. The van der Waals surface area contributed by atoms with Crippen molar-refractivity contribution in [3.8, 4) is 0 Å². The van der Waals surface area contributed by atoms with Crippen LogP contribution in [0.3, 0.4) is 0 Å². The fraction of sp³-hybridized carbons (Fsp3) is 0.191. The standard InChI is InChI=1S/C26H27N7O3.C21H17N5O3/c34-25(22-8-7-19(18-33-13-11-29-31-33)20-4-1-2-5-21(20)22)30-23-6-3-9-27-24(23)26(35)28-10-12-32-14-16-36-17-15-32;1-29-21(28)19-18(7-4-10-22-19)24-20(27)17-9-8-14(13-26-12-11-23-25-26)15-5-2-3-6-16(15)17/h1-9,11,13H,10,12,14-18H2,(H,28,35)(H,30,34);2-12H,13H2,1H3,(H,24,27). The zero-order valence-corrected chi connectivity index (χ0v) is 35.3. The van der Waals surface area contributed by atoms with E-state index in [1.54, 1.807) is 76.7 Å².